The SMILES string of the molecule is Cc1noc(Cc2ccccc2)c1CSCC1CCC(C)O1. The molecule has 1 aromatic heterocycles. The van der Waals surface area contributed by atoms with Crippen LogP contribution in [0.1, 0.15) is 42.3 Å². The fourth-order valence-electron chi connectivity index (χ4n) is 2.84. The third kappa shape index (κ3) is 3.93. The maximum Gasteiger partial charge on any atom is 0.145 e. The van der Waals surface area contributed by atoms with Gasteiger partial charge in [0.1, 0.15) is 5.76 Å². The second kappa shape index (κ2) is 7.34. The van der Waals surface area contributed by atoms with Crippen LogP contribution in [0.5, 0.6) is 0 Å². The zero-order valence-corrected chi connectivity index (χ0v) is 14.1. The van der Waals surface area contributed by atoms with Crippen LogP contribution in [-0.2, 0) is 16.9 Å². The summed E-state index contributed by atoms with van der Waals surface area (Å²) in [4.78, 5) is 0. The summed E-state index contributed by atoms with van der Waals surface area (Å²) in [6, 6.07) is 10.4. The van der Waals surface area contributed by atoms with E-state index in [2.05, 4.69) is 36.3 Å². The van der Waals surface area contributed by atoms with Gasteiger partial charge in [-0.1, -0.05) is 35.5 Å². The van der Waals surface area contributed by atoms with E-state index in [4.69, 9.17) is 9.26 Å². The highest BCUT2D eigenvalue weighted by Gasteiger charge is 2.22. The van der Waals surface area contributed by atoms with Gasteiger partial charge in [-0.05, 0) is 32.3 Å². The molecule has 0 aliphatic carbocycles. The highest BCUT2D eigenvalue weighted by Crippen LogP contribution is 2.27. The van der Waals surface area contributed by atoms with Crippen molar-refractivity contribution in [1.29, 1.82) is 0 Å². The molecule has 4 heteroatoms. The van der Waals surface area contributed by atoms with Gasteiger partial charge in [-0.25, -0.2) is 0 Å². The summed E-state index contributed by atoms with van der Waals surface area (Å²) < 4.78 is 11.4. The van der Waals surface area contributed by atoms with Crippen LogP contribution in [0, 0.1) is 6.92 Å². The normalized spacial score (nSPS) is 21.4. The maximum absolute atomic E-state index is 5.88. The molecule has 2 heterocycles. The van der Waals surface area contributed by atoms with Gasteiger partial charge >= 0.3 is 0 Å². The summed E-state index contributed by atoms with van der Waals surface area (Å²) in [7, 11) is 0. The third-order valence-corrected chi connectivity index (χ3v) is 5.24. The lowest BCUT2D eigenvalue weighted by atomic mass is 10.1. The van der Waals surface area contributed by atoms with Gasteiger partial charge in [-0.3, -0.25) is 0 Å². The molecule has 1 aromatic carbocycles. The molecule has 2 atom stereocenters. The number of nitrogens with zero attached hydrogens (tertiary/aromatic N) is 1. The second-order valence-corrected chi connectivity index (χ2v) is 7.02. The lowest BCUT2D eigenvalue weighted by Gasteiger charge is -2.10. The minimum atomic E-state index is 0.415. The number of thioether (sulfide) groups is 1. The van der Waals surface area contributed by atoms with Crippen molar-refractivity contribution >= 4 is 11.8 Å². The van der Waals surface area contributed by atoms with Crippen molar-refractivity contribution in [3.63, 3.8) is 0 Å². The monoisotopic (exact) mass is 317 g/mol. The first-order chi connectivity index (χ1) is 10.7. The summed E-state index contributed by atoms with van der Waals surface area (Å²) in [5.41, 5.74) is 3.52. The average molecular weight is 317 g/mol. The number of benzene rings is 1. The van der Waals surface area contributed by atoms with Crippen molar-refractivity contribution in [2.24, 2.45) is 0 Å². The summed E-state index contributed by atoms with van der Waals surface area (Å²) in [6.45, 7) is 4.19. The fraction of sp³-hybridized carbons (Fsp3) is 0.500. The molecule has 0 spiro atoms. The maximum atomic E-state index is 5.88. The fourth-order valence-corrected chi connectivity index (χ4v) is 4.04. The largest absolute Gasteiger partial charge is 0.374 e. The van der Waals surface area contributed by atoms with E-state index >= 15 is 0 Å². The molecule has 1 fully saturated rings. The van der Waals surface area contributed by atoms with Crippen LogP contribution in [0.4, 0.5) is 0 Å². The molecule has 0 N–H and O–H groups in total. The molecule has 22 heavy (non-hydrogen) atoms. The van der Waals surface area contributed by atoms with Gasteiger partial charge in [-0.15, -0.1) is 0 Å². The van der Waals surface area contributed by atoms with E-state index in [9.17, 15) is 0 Å². The Balaban J connectivity index is 1.57. The van der Waals surface area contributed by atoms with Gasteiger partial charge in [0.2, 0.25) is 0 Å². The molecule has 2 unspecified atom stereocenters. The molecule has 118 valence electrons. The summed E-state index contributed by atoms with van der Waals surface area (Å²) in [5.74, 6) is 3.00. The topological polar surface area (TPSA) is 35.3 Å². The van der Waals surface area contributed by atoms with E-state index in [-0.39, 0.29) is 0 Å². The van der Waals surface area contributed by atoms with Crippen LogP contribution in [0.25, 0.3) is 0 Å². The van der Waals surface area contributed by atoms with Crippen molar-refractivity contribution in [3.8, 4) is 0 Å². The summed E-state index contributed by atoms with van der Waals surface area (Å²) >= 11 is 1.92. The minimum absolute atomic E-state index is 0.415. The van der Waals surface area contributed by atoms with Crippen LogP contribution >= 0.6 is 11.8 Å². The van der Waals surface area contributed by atoms with Crippen molar-refractivity contribution in [2.75, 3.05) is 5.75 Å². The first-order valence-corrected chi connectivity index (χ1v) is 9.09. The summed E-state index contributed by atoms with van der Waals surface area (Å²) in [6.07, 6.45) is 4.04. The van der Waals surface area contributed by atoms with E-state index in [1.54, 1.807) is 0 Å². The summed E-state index contributed by atoms with van der Waals surface area (Å²) in [5, 5.41) is 4.16. The Kier molecular flexibility index (Phi) is 5.21. The van der Waals surface area contributed by atoms with E-state index in [1.165, 1.54) is 24.0 Å². The number of aromatic nitrogens is 1. The average Bonchev–Trinajstić information content (AvgIpc) is 3.08. The first-order valence-electron chi connectivity index (χ1n) is 7.93. The van der Waals surface area contributed by atoms with Crippen LogP contribution in [0.3, 0.4) is 0 Å². The molecule has 1 saturated heterocycles. The van der Waals surface area contributed by atoms with Gasteiger partial charge < -0.3 is 9.26 Å². The molecule has 0 saturated carbocycles. The molecule has 2 aromatic rings. The number of hydrogen-bond acceptors (Lipinski definition) is 4. The Labute approximate surface area is 136 Å². The third-order valence-electron chi connectivity index (χ3n) is 4.14. The van der Waals surface area contributed by atoms with Gasteiger partial charge in [0.15, 0.2) is 0 Å². The smallest absolute Gasteiger partial charge is 0.145 e. The van der Waals surface area contributed by atoms with Crippen molar-refractivity contribution in [1.82, 2.24) is 5.16 Å². The Morgan fingerprint density at radius 2 is 2.05 bits per heavy atom. The van der Waals surface area contributed by atoms with E-state index in [0.29, 0.717) is 12.2 Å². The highest BCUT2D eigenvalue weighted by atomic mass is 32.2. The lowest BCUT2D eigenvalue weighted by molar-refractivity contribution is 0.0700. The van der Waals surface area contributed by atoms with Crippen LogP contribution in [-0.4, -0.2) is 23.1 Å². The Morgan fingerprint density at radius 3 is 2.77 bits per heavy atom. The molecular weight excluding hydrogens is 294 g/mol. The quantitative estimate of drug-likeness (QED) is 0.792. The van der Waals surface area contributed by atoms with E-state index in [1.807, 2.05) is 24.8 Å². The number of ether oxygens (including phenoxy) is 1. The second-order valence-electron chi connectivity index (χ2n) is 5.99. The van der Waals surface area contributed by atoms with Gasteiger partial charge in [0.05, 0.1) is 17.9 Å². The van der Waals surface area contributed by atoms with Gasteiger partial charge in [-0.2, -0.15) is 11.8 Å². The lowest BCUT2D eigenvalue weighted by Crippen LogP contribution is -2.11. The number of aryl methyl sites for hydroxylation is 1. The van der Waals surface area contributed by atoms with Gasteiger partial charge in [0, 0.05) is 23.5 Å². The Morgan fingerprint density at radius 1 is 1.23 bits per heavy atom. The van der Waals surface area contributed by atoms with Gasteiger partial charge in [0.25, 0.3) is 0 Å². The predicted molar refractivity (Wildman–Crippen MR) is 90.2 cm³/mol. The Bertz CT molecular complexity index is 596. The first kappa shape index (κ1) is 15.6. The van der Waals surface area contributed by atoms with E-state index < -0.39 is 0 Å². The molecule has 0 bridgehead atoms. The Hall–Kier alpha value is -1.26. The molecule has 3 rings (SSSR count). The number of hydrogen-bond donors (Lipinski definition) is 0. The van der Waals surface area contributed by atoms with Crippen LogP contribution in [0.2, 0.25) is 0 Å². The molecule has 0 amide bonds. The zero-order chi connectivity index (χ0) is 15.4. The number of rotatable bonds is 6. The molecule has 3 nitrogen and oxygen atoms in total. The molecular formula is C18H23NO2S. The standard InChI is InChI=1S/C18H23NO2S/c1-13-8-9-16(20-13)11-22-12-17-14(2)19-21-18(17)10-15-6-4-3-5-7-15/h3-7,13,16H,8-12H2,1-2H3. The molecule has 1 aliphatic rings. The predicted octanol–water partition coefficient (Wildman–Crippen LogP) is 4.37. The van der Waals surface area contributed by atoms with Crippen molar-refractivity contribution in [3.05, 3.63) is 52.9 Å². The van der Waals surface area contributed by atoms with Crippen molar-refractivity contribution in [2.45, 2.75) is 51.1 Å². The van der Waals surface area contributed by atoms with Crippen LogP contribution < -0.4 is 0 Å². The molecule has 0 radical (unpaired) electrons. The van der Waals surface area contributed by atoms with Crippen LogP contribution in [0.15, 0.2) is 34.9 Å². The van der Waals surface area contributed by atoms with E-state index in [0.717, 1.165) is 29.4 Å². The van der Waals surface area contributed by atoms with Crippen molar-refractivity contribution < 1.29 is 9.26 Å². The highest BCUT2D eigenvalue weighted by molar-refractivity contribution is 7.98. The molecule has 1 aliphatic heterocycles. The minimum Gasteiger partial charge on any atom is -0.374 e. The zero-order valence-electron chi connectivity index (χ0n) is 13.2.